The smallest absolute Gasteiger partial charge is 0.149 e. The van der Waals surface area contributed by atoms with E-state index < -0.39 is 17.2 Å². The summed E-state index contributed by atoms with van der Waals surface area (Å²) in [6.45, 7) is 5.35. The molecular formula is C13H18F2N2O. The summed E-state index contributed by atoms with van der Waals surface area (Å²) < 4.78 is 33.4. The Morgan fingerprint density at radius 3 is 2.44 bits per heavy atom. The average Bonchev–Trinajstić information content (AvgIpc) is 2.26. The molecule has 1 aliphatic rings. The Kier molecular flexibility index (Phi) is 3.54. The predicted octanol–water partition coefficient (Wildman–Crippen LogP) is 2.04. The largest absolute Gasteiger partial charge is 0.372 e. The maximum atomic E-state index is 14.0. The Hall–Kier alpha value is -1.20. The highest BCUT2D eigenvalue weighted by Crippen LogP contribution is 2.29. The van der Waals surface area contributed by atoms with Crippen LogP contribution in [0.4, 0.5) is 14.5 Å². The van der Waals surface area contributed by atoms with Crippen LogP contribution in [0.25, 0.3) is 0 Å². The third-order valence-corrected chi connectivity index (χ3v) is 3.05. The van der Waals surface area contributed by atoms with Gasteiger partial charge in [-0.15, -0.1) is 0 Å². The summed E-state index contributed by atoms with van der Waals surface area (Å²) in [6.07, 6.45) is 0. The molecule has 0 saturated carbocycles. The van der Waals surface area contributed by atoms with Crippen LogP contribution in [0.5, 0.6) is 0 Å². The van der Waals surface area contributed by atoms with Crippen molar-refractivity contribution in [3.05, 3.63) is 29.3 Å². The number of hydrogen-bond donors (Lipinski definition) is 1. The first-order chi connectivity index (χ1) is 8.43. The molecule has 0 radical (unpaired) electrons. The van der Waals surface area contributed by atoms with E-state index in [1.165, 1.54) is 12.1 Å². The average molecular weight is 256 g/mol. The Morgan fingerprint density at radius 1 is 1.33 bits per heavy atom. The second-order valence-electron chi connectivity index (χ2n) is 5.14. The van der Waals surface area contributed by atoms with Gasteiger partial charge in [0.05, 0.1) is 12.2 Å². The number of rotatable bonds is 2. The fourth-order valence-electron chi connectivity index (χ4n) is 2.25. The summed E-state index contributed by atoms with van der Waals surface area (Å²) in [6, 6.07) is 2.59. The molecule has 100 valence electrons. The number of benzene rings is 1. The highest BCUT2D eigenvalue weighted by Gasteiger charge is 2.30. The Balaban J connectivity index is 2.33. The van der Waals surface area contributed by atoms with Gasteiger partial charge < -0.3 is 15.4 Å². The van der Waals surface area contributed by atoms with Crippen LogP contribution in [0, 0.1) is 11.6 Å². The van der Waals surface area contributed by atoms with Gasteiger partial charge in [0.1, 0.15) is 17.3 Å². The number of morpholine rings is 1. The van der Waals surface area contributed by atoms with Crippen LogP contribution in [-0.2, 0) is 11.3 Å². The molecule has 0 aliphatic carbocycles. The zero-order valence-electron chi connectivity index (χ0n) is 10.7. The topological polar surface area (TPSA) is 38.5 Å². The van der Waals surface area contributed by atoms with Crippen molar-refractivity contribution in [2.24, 2.45) is 5.73 Å². The van der Waals surface area contributed by atoms with Crippen LogP contribution in [0.15, 0.2) is 12.1 Å². The van der Waals surface area contributed by atoms with E-state index in [0.717, 1.165) is 0 Å². The van der Waals surface area contributed by atoms with E-state index in [1.807, 2.05) is 13.8 Å². The van der Waals surface area contributed by atoms with Gasteiger partial charge >= 0.3 is 0 Å². The van der Waals surface area contributed by atoms with Crippen LogP contribution in [0.2, 0.25) is 0 Å². The van der Waals surface area contributed by atoms with Crippen molar-refractivity contribution in [1.82, 2.24) is 0 Å². The van der Waals surface area contributed by atoms with Crippen molar-refractivity contribution in [1.29, 1.82) is 0 Å². The van der Waals surface area contributed by atoms with E-state index in [-0.39, 0.29) is 12.2 Å². The van der Waals surface area contributed by atoms with Crippen LogP contribution in [0.1, 0.15) is 19.4 Å². The van der Waals surface area contributed by atoms with Gasteiger partial charge in [-0.1, -0.05) is 0 Å². The summed E-state index contributed by atoms with van der Waals surface area (Å²) >= 11 is 0. The number of anilines is 1. The van der Waals surface area contributed by atoms with Gasteiger partial charge in [0.2, 0.25) is 0 Å². The molecule has 1 aliphatic heterocycles. The van der Waals surface area contributed by atoms with Crippen LogP contribution < -0.4 is 10.6 Å². The van der Waals surface area contributed by atoms with Gasteiger partial charge in [0, 0.05) is 19.6 Å². The highest BCUT2D eigenvalue weighted by atomic mass is 19.1. The van der Waals surface area contributed by atoms with E-state index >= 15 is 0 Å². The van der Waals surface area contributed by atoms with Gasteiger partial charge in [-0.05, 0) is 31.5 Å². The van der Waals surface area contributed by atoms with Crippen molar-refractivity contribution >= 4 is 5.69 Å². The highest BCUT2D eigenvalue weighted by molar-refractivity contribution is 5.51. The minimum Gasteiger partial charge on any atom is -0.372 e. The fourth-order valence-corrected chi connectivity index (χ4v) is 2.25. The summed E-state index contributed by atoms with van der Waals surface area (Å²) in [4.78, 5) is 1.69. The Morgan fingerprint density at radius 2 is 1.94 bits per heavy atom. The first kappa shape index (κ1) is 13.2. The van der Waals surface area contributed by atoms with Crippen molar-refractivity contribution in [2.75, 3.05) is 24.6 Å². The lowest BCUT2D eigenvalue weighted by molar-refractivity contribution is -0.0280. The number of halogens is 2. The molecule has 18 heavy (non-hydrogen) atoms. The van der Waals surface area contributed by atoms with Gasteiger partial charge in [-0.2, -0.15) is 0 Å². The molecule has 0 spiro atoms. The fraction of sp³-hybridized carbons (Fsp3) is 0.538. The Labute approximate surface area is 106 Å². The summed E-state index contributed by atoms with van der Waals surface area (Å²) in [5.74, 6) is -1.12. The molecule has 2 rings (SSSR count). The zero-order valence-corrected chi connectivity index (χ0v) is 10.7. The van der Waals surface area contributed by atoms with E-state index in [2.05, 4.69) is 0 Å². The third-order valence-electron chi connectivity index (χ3n) is 3.05. The van der Waals surface area contributed by atoms with E-state index in [1.54, 1.807) is 4.90 Å². The van der Waals surface area contributed by atoms with Crippen LogP contribution in [0.3, 0.4) is 0 Å². The molecule has 2 N–H and O–H groups in total. The minimum absolute atomic E-state index is 0.0172. The third kappa shape index (κ3) is 2.62. The summed E-state index contributed by atoms with van der Waals surface area (Å²) in [5.41, 5.74) is 5.47. The van der Waals surface area contributed by atoms with Crippen molar-refractivity contribution < 1.29 is 13.5 Å². The molecule has 1 fully saturated rings. The summed E-state index contributed by atoms with van der Waals surface area (Å²) in [5, 5.41) is 0. The van der Waals surface area contributed by atoms with Crippen molar-refractivity contribution in [2.45, 2.75) is 26.0 Å². The molecule has 1 heterocycles. The molecule has 5 heteroatoms. The molecule has 0 unspecified atom stereocenters. The number of hydrogen-bond acceptors (Lipinski definition) is 3. The lowest BCUT2D eigenvalue weighted by Crippen LogP contribution is -2.49. The van der Waals surface area contributed by atoms with Crippen LogP contribution >= 0.6 is 0 Å². The zero-order chi connectivity index (χ0) is 13.3. The standard InChI is InChI=1S/C13H18F2N2O/c1-13(2)8-17(3-4-18-13)12-10(14)5-9(7-16)6-11(12)15/h5-6H,3-4,7-8,16H2,1-2H3. The van der Waals surface area contributed by atoms with Gasteiger partial charge in [0.15, 0.2) is 0 Å². The molecule has 0 atom stereocenters. The van der Waals surface area contributed by atoms with E-state index in [4.69, 9.17) is 10.5 Å². The first-order valence-corrected chi connectivity index (χ1v) is 6.00. The summed E-state index contributed by atoms with van der Waals surface area (Å²) in [7, 11) is 0. The first-order valence-electron chi connectivity index (χ1n) is 6.00. The van der Waals surface area contributed by atoms with Crippen LogP contribution in [-0.4, -0.2) is 25.3 Å². The monoisotopic (exact) mass is 256 g/mol. The quantitative estimate of drug-likeness (QED) is 0.880. The minimum atomic E-state index is -0.562. The van der Waals surface area contributed by atoms with Gasteiger partial charge in [-0.25, -0.2) is 8.78 Å². The van der Waals surface area contributed by atoms with Gasteiger partial charge in [-0.3, -0.25) is 0 Å². The van der Waals surface area contributed by atoms with Crippen molar-refractivity contribution in [3.63, 3.8) is 0 Å². The SMILES string of the molecule is CC1(C)CN(c2c(F)cc(CN)cc2F)CCO1. The molecule has 0 bridgehead atoms. The molecular weight excluding hydrogens is 238 g/mol. The molecule has 0 amide bonds. The molecule has 3 nitrogen and oxygen atoms in total. The van der Waals surface area contributed by atoms with E-state index in [9.17, 15) is 8.78 Å². The Bertz CT molecular complexity index is 426. The lowest BCUT2D eigenvalue weighted by Gasteiger charge is -2.39. The maximum Gasteiger partial charge on any atom is 0.149 e. The number of ether oxygens (including phenoxy) is 1. The molecule has 1 aromatic carbocycles. The molecule has 0 aromatic heterocycles. The predicted molar refractivity (Wildman–Crippen MR) is 66.5 cm³/mol. The lowest BCUT2D eigenvalue weighted by atomic mass is 10.1. The number of nitrogens with two attached hydrogens (primary N) is 1. The second-order valence-corrected chi connectivity index (χ2v) is 5.14. The number of nitrogens with zero attached hydrogens (tertiary/aromatic N) is 1. The molecule has 1 saturated heterocycles. The normalized spacial score (nSPS) is 19.1. The maximum absolute atomic E-state index is 14.0. The van der Waals surface area contributed by atoms with E-state index in [0.29, 0.717) is 25.3 Å². The molecule has 1 aromatic rings. The van der Waals surface area contributed by atoms with Crippen molar-refractivity contribution in [3.8, 4) is 0 Å². The second kappa shape index (κ2) is 4.82. The van der Waals surface area contributed by atoms with Gasteiger partial charge in [0.25, 0.3) is 0 Å².